The Kier molecular flexibility index (Phi) is 5.05. The van der Waals surface area contributed by atoms with Crippen molar-refractivity contribution in [2.75, 3.05) is 34.4 Å². The van der Waals surface area contributed by atoms with Crippen LogP contribution < -0.4 is 14.8 Å². The van der Waals surface area contributed by atoms with E-state index in [0.29, 0.717) is 5.92 Å². The summed E-state index contributed by atoms with van der Waals surface area (Å²) < 4.78 is 16.7. The van der Waals surface area contributed by atoms with Crippen LogP contribution in [-0.2, 0) is 4.74 Å². The highest BCUT2D eigenvalue weighted by atomic mass is 16.5. The number of nitrogens with one attached hydrogen (secondary N) is 1. The topological polar surface area (TPSA) is 39.7 Å². The fourth-order valence-electron chi connectivity index (χ4n) is 2.71. The average Bonchev–Trinajstić information content (AvgIpc) is 2.47. The Morgan fingerprint density at radius 2 is 2.16 bits per heavy atom. The van der Waals surface area contributed by atoms with Crippen LogP contribution in [0.4, 0.5) is 0 Å². The Hall–Kier alpha value is -1.26. The van der Waals surface area contributed by atoms with E-state index >= 15 is 0 Å². The van der Waals surface area contributed by atoms with E-state index in [1.165, 1.54) is 6.42 Å². The minimum Gasteiger partial charge on any atom is -0.497 e. The Morgan fingerprint density at radius 3 is 2.84 bits per heavy atom. The first-order valence-corrected chi connectivity index (χ1v) is 6.78. The highest BCUT2D eigenvalue weighted by Crippen LogP contribution is 2.39. The molecule has 2 rings (SSSR count). The summed E-state index contributed by atoms with van der Waals surface area (Å²) in [7, 11) is 5.33. The van der Waals surface area contributed by atoms with Gasteiger partial charge >= 0.3 is 0 Å². The zero-order valence-electron chi connectivity index (χ0n) is 11.9. The van der Waals surface area contributed by atoms with Crippen LogP contribution in [0, 0.1) is 5.92 Å². The van der Waals surface area contributed by atoms with Gasteiger partial charge in [-0.15, -0.1) is 0 Å². The van der Waals surface area contributed by atoms with Gasteiger partial charge < -0.3 is 19.5 Å². The quantitative estimate of drug-likeness (QED) is 0.887. The zero-order chi connectivity index (χ0) is 13.7. The van der Waals surface area contributed by atoms with Gasteiger partial charge in [0.15, 0.2) is 0 Å². The van der Waals surface area contributed by atoms with E-state index in [2.05, 4.69) is 11.4 Å². The SMILES string of the molecule is CNCC1CCCOC1c1ccc(OC)cc1OC. The van der Waals surface area contributed by atoms with Crippen LogP contribution in [0.15, 0.2) is 18.2 Å². The van der Waals surface area contributed by atoms with E-state index in [9.17, 15) is 0 Å². The molecule has 1 heterocycles. The first-order valence-electron chi connectivity index (χ1n) is 6.78. The van der Waals surface area contributed by atoms with Gasteiger partial charge in [-0.2, -0.15) is 0 Å². The fraction of sp³-hybridized carbons (Fsp3) is 0.600. The predicted octanol–water partition coefficient (Wildman–Crippen LogP) is 2.39. The molecule has 0 amide bonds. The monoisotopic (exact) mass is 265 g/mol. The number of methoxy groups -OCH3 is 2. The minimum atomic E-state index is 0.0991. The maximum Gasteiger partial charge on any atom is 0.128 e. The molecular formula is C15H23NO3. The van der Waals surface area contributed by atoms with Gasteiger partial charge in [-0.05, 0) is 32.0 Å². The van der Waals surface area contributed by atoms with Crippen molar-refractivity contribution in [2.45, 2.75) is 18.9 Å². The van der Waals surface area contributed by atoms with Gasteiger partial charge in [-0.25, -0.2) is 0 Å². The molecule has 2 unspecified atom stereocenters. The third-order valence-electron chi connectivity index (χ3n) is 3.66. The Balaban J connectivity index is 2.27. The number of ether oxygens (including phenoxy) is 3. The van der Waals surface area contributed by atoms with Crippen molar-refractivity contribution in [2.24, 2.45) is 5.92 Å². The lowest BCUT2D eigenvalue weighted by Gasteiger charge is -2.32. The lowest BCUT2D eigenvalue weighted by atomic mass is 9.89. The lowest BCUT2D eigenvalue weighted by Crippen LogP contribution is -2.30. The molecule has 1 aromatic carbocycles. The van der Waals surface area contributed by atoms with Crippen molar-refractivity contribution >= 4 is 0 Å². The molecule has 1 aliphatic heterocycles. The molecule has 1 N–H and O–H groups in total. The van der Waals surface area contributed by atoms with E-state index in [-0.39, 0.29) is 6.10 Å². The van der Waals surface area contributed by atoms with Crippen molar-refractivity contribution in [3.63, 3.8) is 0 Å². The molecule has 4 heteroatoms. The van der Waals surface area contributed by atoms with Crippen molar-refractivity contribution in [3.05, 3.63) is 23.8 Å². The smallest absolute Gasteiger partial charge is 0.128 e. The Labute approximate surface area is 115 Å². The van der Waals surface area contributed by atoms with Crippen molar-refractivity contribution in [1.29, 1.82) is 0 Å². The van der Waals surface area contributed by atoms with Crippen LogP contribution in [0.25, 0.3) is 0 Å². The standard InChI is InChI=1S/C15H23NO3/c1-16-10-11-5-4-8-19-15(11)13-7-6-12(17-2)9-14(13)18-3/h6-7,9,11,15-16H,4-5,8,10H2,1-3H3. The van der Waals surface area contributed by atoms with Crippen LogP contribution in [0.2, 0.25) is 0 Å². The summed E-state index contributed by atoms with van der Waals surface area (Å²) in [6.07, 6.45) is 2.41. The Morgan fingerprint density at radius 1 is 1.32 bits per heavy atom. The number of rotatable bonds is 5. The summed E-state index contributed by atoms with van der Waals surface area (Å²) in [4.78, 5) is 0. The predicted molar refractivity (Wildman–Crippen MR) is 74.9 cm³/mol. The second-order valence-electron chi connectivity index (χ2n) is 4.86. The van der Waals surface area contributed by atoms with Gasteiger partial charge in [0.1, 0.15) is 11.5 Å². The van der Waals surface area contributed by atoms with Crippen molar-refractivity contribution in [1.82, 2.24) is 5.32 Å². The van der Waals surface area contributed by atoms with Gasteiger partial charge in [0.25, 0.3) is 0 Å². The maximum absolute atomic E-state index is 5.98. The highest BCUT2D eigenvalue weighted by molar-refractivity contribution is 5.42. The molecule has 0 radical (unpaired) electrons. The molecule has 4 nitrogen and oxygen atoms in total. The summed E-state index contributed by atoms with van der Waals surface area (Å²) >= 11 is 0. The van der Waals surface area contributed by atoms with E-state index in [0.717, 1.165) is 36.6 Å². The second-order valence-corrected chi connectivity index (χ2v) is 4.86. The van der Waals surface area contributed by atoms with Crippen LogP contribution >= 0.6 is 0 Å². The molecule has 1 aliphatic rings. The first-order chi connectivity index (χ1) is 9.30. The first kappa shape index (κ1) is 14.2. The van der Waals surface area contributed by atoms with E-state index in [4.69, 9.17) is 14.2 Å². The van der Waals surface area contributed by atoms with E-state index in [1.54, 1.807) is 14.2 Å². The van der Waals surface area contributed by atoms with Crippen molar-refractivity contribution < 1.29 is 14.2 Å². The number of hydrogen-bond donors (Lipinski definition) is 1. The van der Waals surface area contributed by atoms with Crippen LogP contribution in [0.5, 0.6) is 11.5 Å². The van der Waals surface area contributed by atoms with E-state index < -0.39 is 0 Å². The molecule has 1 aromatic rings. The molecule has 0 bridgehead atoms. The van der Waals surface area contributed by atoms with Gasteiger partial charge in [0.05, 0.1) is 20.3 Å². The summed E-state index contributed by atoms with van der Waals surface area (Å²) in [6.45, 7) is 1.78. The fourth-order valence-corrected chi connectivity index (χ4v) is 2.71. The van der Waals surface area contributed by atoms with Gasteiger partial charge in [-0.1, -0.05) is 0 Å². The van der Waals surface area contributed by atoms with E-state index in [1.807, 2.05) is 19.2 Å². The van der Waals surface area contributed by atoms with Crippen LogP contribution in [0.3, 0.4) is 0 Å². The van der Waals surface area contributed by atoms with Gasteiger partial charge in [-0.3, -0.25) is 0 Å². The molecule has 0 spiro atoms. The number of hydrogen-bond acceptors (Lipinski definition) is 4. The highest BCUT2D eigenvalue weighted by Gasteiger charge is 2.29. The summed E-state index contributed by atoms with van der Waals surface area (Å²) in [6, 6.07) is 5.94. The number of benzene rings is 1. The summed E-state index contributed by atoms with van der Waals surface area (Å²) in [5.74, 6) is 2.13. The average molecular weight is 265 g/mol. The molecular weight excluding hydrogens is 242 g/mol. The van der Waals surface area contributed by atoms with Gasteiger partial charge in [0.2, 0.25) is 0 Å². The maximum atomic E-state index is 5.98. The normalized spacial score (nSPS) is 23.1. The third-order valence-corrected chi connectivity index (χ3v) is 3.66. The molecule has 1 fully saturated rings. The van der Waals surface area contributed by atoms with Crippen LogP contribution in [0.1, 0.15) is 24.5 Å². The molecule has 0 aromatic heterocycles. The zero-order valence-corrected chi connectivity index (χ0v) is 11.9. The van der Waals surface area contributed by atoms with Crippen molar-refractivity contribution in [3.8, 4) is 11.5 Å². The molecule has 1 saturated heterocycles. The summed E-state index contributed by atoms with van der Waals surface area (Å²) in [5.41, 5.74) is 1.11. The molecule has 106 valence electrons. The van der Waals surface area contributed by atoms with Crippen LogP contribution in [-0.4, -0.2) is 34.4 Å². The van der Waals surface area contributed by atoms with Gasteiger partial charge in [0, 0.05) is 30.7 Å². The lowest BCUT2D eigenvalue weighted by molar-refractivity contribution is -0.0284. The Bertz CT molecular complexity index is 406. The molecule has 0 aliphatic carbocycles. The third kappa shape index (κ3) is 3.19. The molecule has 19 heavy (non-hydrogen) atoms. The summed E-state index contributed by atoms with van der Waals surface area (Å²) in [5, 5.41) is 3.25. The minimum absolute atomic E-state index is 0.0991. The largest absolute Gasteiger partial charge is 0.497 e. The molecule has 0 saturated carbocycles. The second kappa shape index (κ2) is 6.78. The molecule has 2 atom stereocenters.